The number of nitrogens with two attached hydrogens (primary N) is 2. The minimum absolute atomic E-state index is 0.0958. The highest BCUT2D eigenvalue weighted by atomic mass is 15.0. The Morgan fingerprint density at radius 1 is 1.08 bits per heavy atom. The molecular weight excluding hydrogens is 150 g/mol. The van der Waals surface area contributed by atoms with Crippen molar-refractivity contribution in [2.45, 2.75) is 38.8 Å². The Morgan fingerprint density at radius 3 is 1.75 bits per heavy atom. The summed E-state index contributed by atoms with van der Waals surface area (Å²) in [4.78, 5) is 2.00. The summed E-state index contributed by atoms with van der Waals surface area (Å²) < 4.78 is 0. The van der Waals surface area contributed by atoms with E-state index in [-0.39, 0.29) is 6.17 Å². The summed E-state index contributed by atoms with van der Waals surface area (Å²) in [5, 5.41) is 0. The van der Waals surface area contributed by atoms with Gasteiger partial charge < -0.3 is 16.4 Å². The molecule has 0 amide bonds. The van der Waals surface area contributed by atoms with E-state index in [4.69, 9.17) is 11.5 Å². The molecular formula is C9H25N3. The fourth-order valence-corrected chi connectivity index (χ4v) is 0.630. The zero-order valence-corrected chi connectivity index (χ0v) is 9.01. The lowest BCUT2D eigenvalue weighted by Crippen LogP contribution is -2.29. The highest BCUT2D eigenvalue weighted by Crippen LogP contribution is 1.97. The van der Waals surface area contributed by atoms with Gasteiger partial charge in [0, 0.05) is 0 Å². The molecule has 0 fully saturated rings. The number of hydrogen-bond acceptors (Lipinski definition) is 3. The van der Waals surface area contributed by atoms with E-state index >= 15 is 0 Å². The van der Waals surface area contributed by atoms with E-state index < -0.39 is 0 Å². The molecule has 0 heterocycles. The van der Waals surface area contributed by atoms with Gasteiger partial charge in [0.1, 0.15) is 0 Å². The van der Waals surface area contributed by atoms with Gasteiger partial charge in [0.2, 0.25) is 0 Å². The molecule has 0 unspecified atom stereocenters. The first-order chi connectivity index (χ1) is 5.50. The van der Waals surface area contributed by atoms with E-state index in [2.05, 4.69) is 6.92 Å². The molecule has 12 heavy (non-hydrogen) atoms. The maximum Gasteiger partial charge on any atom is 0.0520 e. The second-order valence-corrected chi connectivity index (χ2v) is 3.50. The van der Waals surface area contributed by atoms with Crippen LogP contribution in [0.5, 0.6) is 0 Å². The molecule has 0 aromatic heterocycles. The third-order valence-corrected chi connectivity index (χ3v) is 1.14. The molecule has 76 valence electrons. The molecule has 4 N–H and O–H groups in total. The summed E-state index contributed by atoms with van der Waals surface area (Å²) in [5.41, 5.74) is 10.6. The van der Waals surface area contributed by atoms with Crippen LogP contribution in [0.25, 0.3) is 0 Å². The first kappa shape index (κ1) is 14.4. The topological polar surface area (TPSA) is 55.3 Å². The zero-order valence-electron chi connectivity index (χ0n) is 9.01. The van der Waals surface area contributed by atoms with Gasteiger partial charge in [-0.15, -0.1) is 0 Å². The van der Waals surface area contributed by atoms with Crippen molar-refractivity contribution in [3.63, 3.8) is 0 Å². The van der Waals surface area contributed by atoms with Gasteiger partial charge in [-0.1, -0.05) is 26.2 Å². The maximum atomic E-state index is 5.31. The number of nitrogens with zero attached hydrogens (tertiary/aromatic N) is 1. The number of hydrogen-bond donors (Lipinski definition) is 2. The molecule has 0 aliphatic carbocycles. The van der Waals surface area contributed by atoms with E-state index in [1.165, 1.54) is 19.3 Å². The molecule has 0 spiro atoms. The summed E-state index contributed by atoms with van der Waals surface area (Å²) in [7, 11) is 6.00. The molecule has 0 atom stereocenters. The van der Waals surface area contributed by atoms with Crippen molar-refractivity contribution in [1.29, 1.82) is 0 Å². The van der Waals surface area contributed by atoms with Crippen LogP contribution >= 0.6 is 0 Å². The normalized spacial score (nSPS) is 10.0. The van der Waals surface area contributed by atoms with E-state index in [1.807, 2.05) is 26.0 Å². The van der Waals surface area contributed by atoms with Crippen LogP contribution < -0.4 is 11.5 Å². The van der Waals surface area contributed by atoms with E-state index in [1.54, 1.807) is 0 Å². The van der Waals surface area contributed by atoms with Gasteiger partial charge in [0.05, 0.1) is 6.17 Å². The summed E-state index contributed by atoms with van der Waals surface area (Å²) >= 11 is 0. The summed E-state index contributed by atoms with van der Waals surface area (Å²) in [6.07, 6.45) is 4.54. The van der Waals surface area contributed by atoms with Crippen molar-refractivity contribution >= 4 is 0 Å². The predicted octanol–water partition coefficient (Wildman–Crippen LogP) is 0.988. The Hall–Kier alpha value is -0.120. The minimum Gasteiger partial charge on any atom is -0.316 e. The Bertz CT molecular complexity index is 69.4. The SMILES string of the molecule is CCCCCC(N)N.CN(C)C. The smallest absolute Gasteiger partial charge is 0.0520 e. The van der Waals surface area contributed by atoms with Gasteiger partial charge in [-0.05, 0) is 27.6 Å². The van der Waals surface area contributed by atoms with Crippen LogP contribution in [0.3, 0.4) is 0 Å². The van der Waals surface area contributed by atoms with E-state index in [9.17, 15) is 0 Å². The van der Waals surface area contributed by atoms with Crippen LogP contribution in [0.2, 0.25) is 0 Å². The largest absolute Gasteiger partial charge is 0.316 e. The lowest BCUT2D eigenvalue weighted by Gasteiger charge is -2.01. The van der Waals surface area contributed by atoms with Crippen molar-refractivity contribution in [3.8, 4) is 0 Å². The molecule has 3 heteroatoms. The Kier molecular flexibility index (Phi) is 13.1. The lowest BCUT2D eigenvalue weighted by molar-refractivity contribution is 0.505. The first-order valence-corrected chi connectivity index (χ1v) is 4.62. The van der Waals surface area contributed by atoms with Crippen LogP contribution in [-0.2, 0) is 0 Å². The highest BCUT2D eigenvalue weighted by molar-refractivity contribution is 4.49. The van der Waals surface area contributed by atoms with Gasteiger partial charge in [0.15, 0.2) is 0 Å². The Balaban J connectivity index is 0. The van der Waals surface area contributed by atoms with E-state index in [0.29, 0.717) is 0 Å². The van der Waals surface area contributed by atoms with Crippen LogP contribution in [0.4, 0.5) is 0 Å². The molecule has 3 nitrogen and oxygen atoms in total. The predicted molar refractivity (Wildman–Crippen MR) is 55.9 cm³/mol. The van der Waals surface area contributed by atoms with E-state index in [0.717, 1.165) is 6.42 Å². The second kappa shape index (κ2) is 10.9. The number of rotatable bonds is 4. The van der Waals surface area contributed by atoms with Crippen molar-refractivity contribution in [3.05, 3.63) is 0 Å². The third kappa shape index (κ3) is 32.7. The molecule has 0 aromatic carbocycles. The van der Waals surface area contributed by atoms with Crippen molar-refractivity contribution < 1.29 is 0 Å². The van der Waals surface area contributed by atoms with Crippen molar-refractivity contribution in [2.75, 3.05) is 21.1 Å². The second-order valence-electron chi connectivity index (χ2n) is 3.50. The maximum absolute atomic E-state index is 5.31. The minimum atomic E-state index is -0.0958. The molecule has 0 bridgehead atoms. The number of unbranched alkanes of at least 4 members (excludes halogenated alkanes) is 2. The van der Waals surface area contributed by atoms with Gasteiger partial charge >= 0.3 is 0 Å². The van der Waals surface area contributed by atoms with Gasteiger partial charge in [0.25, 0.3) is 0 Å². The van der Waals surface area contributed by atoms with Crippen LogP contribution in [0, 0.1) is 0 Å². The molecule has 0 aliphatic heterocycles. The van der Waals surface area contributed by atoms with Crippen LogP contribution in [0.15, 0.2) is 0 Å². The average Bonchev–Trinajstić information content (AvgIpc) is 1.86. The summed E-state index contributed by atoms with van der Waals surface area (Å²) in [6.45, 7) is 2.17. The van der Waals surface area contributed by atoms with Gasteiger partial charge in [-0.25, -0.2) is 0 Å². The molecule has 0 saturated carbocycles. The average molecular weight is 175 g/mol. The van der Waals surface area contributed by atoms with Crippen LogP contribution in [-0.4, -0.2) is 32.2 Å². The summed E-state index contributed by atoms with van der Waals surface area (Å²) in [6, 6.07) is 0. The highest BCUT2D eigenvalue weighted by Gasteiger charge is 1.90. The molecule has 0 radical (unpaired) electrons. The quantitative estimate of drug-likeness (QED) is 0.495. The van der Waals surface area contributed by atoms with Crippen LogP contribution in [0.1, 0.15) is 32.6 Å². The lowest BCUT2D eigenvalue weighted by atomic mass is 10.2. The third-order valence-electron chi connectivity index (χ3n) is 1.14. The fourth-order valence-electron chi connectivity index (χ4n) is 0.630. The van der Waals surface area contributed by atoms with Crippen molar-refractivity contribution in [2.24, 2.45) is 11.5 Å². The standard InChI is InChI=1S/C6H16N2.C3H9N/c1-2-3-4-5-6(7)8;1-4(2)3/h6H,2-5,7-8H2,1H3;1-3H3. The molecule has 0 aliphatic rings. The zero-order chi connectivity index (χ0) is 9.98. The van der Waals surface area contributed by atoms with Crippen molar-refractivity contribution in [1.82, 2.24) is 4.90 Å². The Labute approximate surface area is 77.1 Å². The molecule has 0 aromatic rings. The molecule has 0 rings (SSSR count). The van der Waals surface area contributed by atoms with Gasteiger partial charge in [-0.3, -0.25) is 0 Å². The first-order valence-electron chi connectivity index (χ1n) is 4.62. The summed E-state index contributed by atoms with van der Waals surface area (Å²) in [5.74, 6) is 0. The monoisotopic (exact) mass is 175 g/mol. The Morgan fingerprint density at radius 2 is 1.50 bits per heavy atom. The van der Waals surface area contributed by atoms with Gasteiger partial charge in [-0.2, -0.15) is 0 Å². The fraction of sp³-hybridized carbons (Fsp3) is 1.00. The molecule has 0 saturated heterocycles.